The summed E-state index contributed by atoms with van der Waals surface area (Å²) in [7, 11) is -4.39. The molecule has 5 nitrogen and oxygen atoms in total. The van der Waals surface area contributed by atoms with Crippen molar-refractivity contribution in [1.82, 2.24) is 0 Å². The molecule has 2 aromatic rings. The monoisotopic (exact) mass is 500 g/mol. The predicted molar refractivity (Wildman–Crippen MR) is 127 cm³/mol. The summed E-state index contributed by atoms with van der Waals surface area (Å²) in [5.74, 6) is -0.125. The van der Waals surface area contributed by atoms with Crippen LogP contribution in [0, 0.1) is 0 Å². The van der Waals surface area contributed by atoms with E-state index >= 15 is 0 Å². The molecule has 0 aliphatic heterocycles. The van der Waals surface area contributed by atoms with Crippen molar-refractivity contribution in [3.8, 4) is 17.2 Å². The van der Waals surface area contributed by atoms with Gasteiger partial charge in [-0.05, 0) is 36.6 Å². The predicted octanol–water partition coefficient (Wildman–Crippen LogP) is 4.05. The first-order valence-corrected chi connectivity index (χ1v) is 13.4. The summed E-state index contributed by atoms with van der Waals surface area (Å²) >= 11 is 0. The molecule has 0 aliphatic rings. The number of unbranched alkanes of at least 4 members (excludes halogenated alkanes) is 11. The summed E-state index contributed by atoms with van der Waals surface area (Å²) in [5.41, 5.74) is 1.21. The third-order valence-corrected chi connectivity index (χ3v) is 6.53. The fourth-order valence-corrected chi connectivity index (χ4v) is 4.25. The first-order chi connectivity index (χ1) is 15.4. The number of rotatable bonds is 16. The normalized spacial score (nSPS) is 11.2. The van der Waals surface area contributed by atoms with Gasteiger partial charge < -0.3 is 9.84 Å². The Kier molecular flexibility index (Phi) is 15.9. The second kappa shape index (κ2) is 17.1. The number of ether oxygens (including phenoxy) is 1. The van der Waals surface area contributed by atoms with Crippen molar-refractivity contribution >= 4 is 10.1 Å². The molecule has 0 fully saturated rings. The van der Waals surface area contributed by atoms with Gasteiger partial charge in [-0.3, -0.25) is 4.55 Å². The van der Waals surface area contributed by atoms with Crippen molar-refractivity contribution in [2.24, 2.45) is 0 Å². The van der Waals surface area contributed by atoms with Gasteiger partial charge in [0, 0.05) is 6.07 Å². The van der Waals surface area contributed by atoms with Crippen LogP contribution in [0.15, 0.2) is 47.4 Å². The molecule has 0 atom stereocenters. The molecule has 2 rings (SSSR count). The fourth-order valence-electron chi connectivity index (χ4n) is 3.75. The Balaban J connectivity index is 0.00000544. The summed E-state index contributed by atoms with van der Waals surface area (Å²) in [6.07, 6.45) is 17.0. The van der Waals surface area contributed by atoms with Gasteiger partial charge in [0.15, 0.2) is 0 Å². The van der Waals surface area contributed by atoms with E-state index in [9.17, 15) is 13.5 Å². The van der Waals surface area contributed by atoms with Crippen LogP contribution in [0.1, 0.15) is 89.5 Å². The first kappa shape index (κ1) is 30.6. The van der Waals surface area contributed by atoms with Crippen molar-refractivity contribution in [3.63, 3.8) is 0 Å². The van der Waals surface area contributed by atoms with E-state index in [1.165, 1.54) is 76.2 Å². The molecule has 0 amide bonds. The number of benzene rings is 2. The second-order valence-corrected chi connectivity index (χ2v) is 9.89. The smallest absolute Gasteiger partial charge is 0.870 e. The van der Waals surface area contributed by atoms with E-state index in [1.807, 2.05) is 12.1 Å². The van der Waals surface area contributed by atoms with Gasteiger partial charge in [0.1, 0.15) is 11.5 Å². The summed E-state index contributed by atoms with van der Waals surface area (Å²) in [6.45, 7) is 2.26. The van der Waals surface area contributed by atoms with Crippen LogP contribution in [0.2, 0.25) is 0 Å². The van der Waals surface area contributed by atoms with Crippen molar-refractivity contribution in [3.05, 3.63) is 48.0 Å². The summed E-state index contributed by atoms with van der Waals surface area (Å²) in [6, 6.07) is 10.6. The van der Waals surface area contributed by atoms with E-state index in [0.717, 1.165) is 31.0 Å². The summed E-state index contributed by atoms with van der Waals surface area (Å²) in [4.78, 5) is -0.365. The quantitative estimate of drug-likeness (QED) is 0.213. The largest absolute Gasteiger partial charge is 1.00 e. The molecule has 0 spiro atoms. The molecule has 2 aromatic carbocycles. The van der Waals surface area contributed by atoms with E-state index in [-0.39, 0.29) is 62.0 Å². The molecule has 0 heterocycles. The zero-order valence-corrected chi connectivity index (χ0v) is 24.2. The van der Waals surface area contributed by atoms with Crippen LogP contribution in [-0.4, -0.2) is 13.0 Å². The molecule has 0 saturated heterocycles. The SMILES string of the molecule is CCCCCCCCCCCCCCc1ccc(Oc2cc(S(=O)(=O)O)ccc2[O-])cc1.[K+]. The molecular formula is C26H37KO5S. The molecule has 0 unspecified atom stereocenters. The zero-order chi connectivity index (χ0) is 23.2. The Morgan fingerprint density at radius 3 is 1.82 bits per heavy atom. The molecule has 0 bridgehead atoms. The fraction of sp³-hybridized carbons (Fsp3) is 0.538. The average molecular weight is 501 g/mol. The Morgan fingerprint density at radius 1 is 0.788 bits per heavy atom. The van der Waals surface area contributed by atoms with Gasteiger partial charge in [-0.15, -0.1) is 0 Å². The molecule has 0 aromatic heterocycles. The van der Waals surface area contributed by atoms with Crippen LogP contribution in [-0.2, 0) is 16.5 Å². The Labute approximate surface area is 242 Å². The van der Waals surface area contributed by atoms with Crippen molar-refractivity contribution < 1.29 is 74.2 Å². The Morgan fingerprint density at radius 2 is 1.30 bits per heavy atom. The maximum atomic E-state index is 11.9. The minimum absolute atomic E-state index is 0. The minimum atomic E-state index is -4.39. The van der Waals surface area contributed by atoms with Crippen LogP contribution >= 0.6 is 0 Å². The maximum absolute atomic E-state index is 11.9. The van der Waals surface area contributed by atoms with Crippen LogP contribution in [0.3, 0.4) is 0 Å². The van der Waals surface area contributed by atoms with Gasteiger partial charge in [-0.2, -0.15) is 8.42 Å². The third kappa shape index (κ3) is 12.7. The standard InChI is InChI=1S/C26H38O5S.K/c1-2-3-4-5-6-7-8-9-10-11-12-13-14-22-15-17-23(18-16-22)31-26-21-24(32(28,29)30)19-20-25(26)27;/h15-21,27H,2-14H2,1H3,(H,28,29,30);/q;+1/p-1. The van der Waals surface area contributed by atoms with Gasteiger partial charge in [0.05, 0.1) is 4.90 Å². The first-order valence-electron chi connectivity index (χ1n) is 12.0. The molecular weight excluding hydrogens is 463 g/mol. The Bertz CT molecular complexity index is 897. The number of hydrogen-bond donors (Lipinski definition) is 1. The number of aryl methyl sites for hydroxylation is 1. The van der Waals surface area contributed by atoms with E-state index in [4.69, 9.17) is 9.29 Å². The minimum Gasteiger partial charge on any atom is -0.870 e. The average Bonchev–Trinajstić information content (AvgIpc) is 2.76. The third-order valence-electron chi connectivity index (χ3n) is 5.68. The molecule has 178 valence electrons. The van der Waals surface area contributed by atoms with Crippen molar-refractivity contribution in [2.75, 3.05) is 0 Å². The number of hydrogen-bond acceptors (Lipinski definition) is 4. The zero-order valence-electron chi connectivity index (χ0n) is 20.2. The molecule has 0 radical (unpaired) electrons. The van der Waals surface area contributed by atoms with E-state index in [1.54, 1.807) is 12.1 Å². The van der Waals surface area contributed by atoms with Crippen molar-refractivity contribution in [2.45, 2.75) is 95.3 Å². The van der Waals surface area contributed by atoms with Crippen LogP contribution in [0.25, 0.3) is 0 Å². The van der Waals surface area contributed by atoms with E-state index in [0.29, 0.717) is 5.75 Å². The van der Waals surface area contributed by atoms with Crippen LogP contribution < -0.4 is 61.2 Å². The van der Waals surface area contributed by atoms with E-state index in [2.05, 4.69) is 6.92 Å². The second-order valence-electron chi connectivity index (χ2n) is 8.47. The summed E-state index contributed by atoms with van der Waals surface area (Å²) < 4.78 is 37.2. The summed E-state index contributed by atoms with van der Waals surface area (Å²) in [5, 5.41) is 11.9. The van der Waals surface area contributed by atoms with Gasteiger partial charge >= 0.3 is 51.4 Å². The maximum Gasteiger partial charge on any atom is 1.00 e. The van der Waals surface area contributed by atoms with Gasteiger partial charge in [-0.25, -0.2) is 0 Å². The molecule has 0 aliphatic carbocycles. The van der Waals surface area contributed by atoms with Gasteiger partial charge in [-0.1, -0.05) is 102 Å². The molecule has 1 N–H and O–H groups in total. The van der Waals surface area contributed by atoms with E-state index < -0.39 is 15.9 Å². The van der Waals surface area contributed by atoms with Crippen LogP contribution in [0.5, 0.6) is 17.2 Å². The van der Waals surface area contributed by atoms with Crippen molar-refractivity contribution in [1.29, 1.82) is 0 Å². The molecule has 0 saturated carbocycles. The van der Waals surface area contributed by atoms with Crippen LogP contribution in [0.4, 0.5) is 0 Å². The molecule has 7 heteroatoms. The van der Waals surface area contributed by atoms with Gasteiger partial charge in [0.2, 0.25) is 0 Å². The van der Waals surface area contributed by atoms with Gasteiger partial charge in [0.25, 0.3) is 10.1 Å². The Hall–Kier alpha value is -0.414. The topological polar surface area (TPSA) is 86.7 Å². The molecule has 33 heavy (non-hydrogen) atoms.